The second-order valence-corrected chi connectivity index (χ2v) is 8.23. The molecule has 0 spiro atoms. The quantitative estimate of drug-likeness (QED) is 0.414. The molecule has 1 fully saturated rings. The molecule has 2 atom stereocenters. The monoisotopic (exact) mass is 475 g/mol. The molecule has 4 aromatic heterocycles. The van der Waals surface area contributed by atoms with Gasteiger partial charge in [-0.05, 0) is 37.1 Å². The van der Waals surface area contributed by atoms with Crippen molar-refractivity contribution in [3.63, 3.8) is 0 Å². The molecule has 0 bridgehead atoms. The Hall–Kier alpha value is -4.25. The summed E-state index contributed by atoms with van der Waals surface area (Å²) in [5.41, 5.74) is 1.45. The second kappa shape index (κ2) is 9.18. The van der Waals surface area contributed by atoms with Gasteiger partial charge in [0.05, 0.1) is 17.8 Å². The van der Waals surface area contributed by atoms with Gasteiger partial charge in [-0.1, -0.05) is 11.2 Å². The predicted molar refractivity (Wildman–Crippen MR) is 131 cm³/mol. The Morgan fingerprint density at radius 2 is 2.09 bits per heavy atom. The highest BCUT2D eigenvalue weighted by Crippen LogP contribution is 2.31. The van der Waals surface area contributed by atoms with Crippen molar-refractivity contribution in [3.8, 4) is 5.82 Å². The number of carbonyl (C=O) groups excluding carboxylic acids is 1. The summed E-state index contributed by atoms with van der Waals surface area (Å²) in [6.45, 7) is 0. The molecule has 0 aliphatic heterocycles. The fourth-order valence-electron chi connectivity index (χ4n) is 4.11. The van der Waals surface area contributed by atoms with E-state index < -0.39 is 5.91 Å². The van der Waals surface area contributed by atoms with Crippen molar-refractivity contribution in [1.82, 2.24) is 25.0 Å². The highest BCUT2D eigenvalue weighted by atomic mass is 16.5. The van der Waals surface area contributed by atoms with Crippen molar-refractivity contribution in [2.75, 3.05) is 31.4 Å². The topological polar surface area (TPSA) is 127 Å². The average Bonchev–Trinajstić information content (AvgIpc) is 3.31. The first-order valence-electron chi connectivity index (χ1n) is 11.2. The van der Waals surface area contributed by atoms with E-state index in [2.05, 4.69) is 25.8 Å². The van der Waals surface area contributed by atoms with Crippen LogP contribution < -0.4 is 21.1 Å². The molecule has 180 valence electrons. The summed E-state index contributed by atoms with van der Waals surface area (Å²) in [6, 6.07) is 10.5. The highest BCUT2D eigenvalue weighted by molar-refractivity contribution is 6.05. The third-order valence-electron chi connectivity index (χ3n) is 6.26. The minimum Gasteiger partial charge on any atom is -0.386 e. The molecular formula is C24H25N7O4. The normalized spacial score (nSPS) is 17.1. The van der Waals surface area contributed by atoms with Crippen LogP contribution in [0.4, 0.5) is 17.2 Å². The summed E-state index contributed by atoms with van der Waals surface area (Å²) in [5, 5.41) is 10.1. The van der Waals surface area contributed by atoms with Gasteiger partial charge in [0.15, 0.2) is 5.52 Å². The molecule has 2 N–H and O–H groups in total. The number of nitrogens with one attached hydrogen (secondary N) is 2. The van der Waals surface area contributed by atoms with Gasteiger partial charge >= 0.3 is 0 Å². The van der Waals surface area contributed by atoms with Crippen LogP contribution in [0.1, 0.15) is 23.4 Å². The Labute approximate surface area is 200 Å². The van der Waals surface area contributed by atoms with Crippen LogP contribution in [0.2, 0.25) is 0 Å². The van der Waals surface area contributed by atoms with Crippen LogP contribution in [0.15, 0.2) is 58.1 Å². The SMILES string of the molecule is CNc1cc(N(C)c2cccn(-c3ccccn3)c2=O)nc2c(C(=O)N[C@@H]3CC[C@H]3OC)onc12. The van der Waals surface area contributed by atoms with E-state index in [4.69, 9.17) is 9.26 Å². The van der Waals surface area contributed by atoms with Crippen LogP contribution >= 0.6 is 0 Å². The number of pyridine rings is 3. The molecule has 1 saturated carbocycles. The van der Waals surface area contributed by atoms with Gasteiger partial charge in [-0.3, -0.25) is 14.2 Å². The van der Waals surface area contributed by atoms with E-state index >= 15 is 0 Å². The van der Waals surface area contributed by atoms with Gasteiger partial charge in [0.25, 0.3) is 11.5 Å². The number of ether oxygens (including phenoxy) is 1. The summed E-state index contributed by atoms with van der Waals surface area (Å²) in [7, 11) is 5.10. The number of hydrogen-bond acceptors (Lipinski definition) is 9. The largest absolute Gasteiger partial charge is 0.386 e. The molecule has 0 radical (unpaired) electrons. The van der Waals surface area contributed by atoms with Crippen LogP contribution in [0.3, 0.4) is 0 Å². The first kappa shape index (κ1) is 22.5. The second-order valence-electron chi connectivity index (χ2n) is 8.23. The Kier molecular flexibility index (Phi) is 5.91. The first-order chi connectivity index (χ1) is 17.0. The maximum Gasteiger partial charge on any atom is 0.292 e. The standard InChI is InChI=1S/C24H25N7O4/c1-25-15-13-19(30(2)16-7-6-12-31(24(16)33)18-8-4-5-11-26-18)28-21-20(15)29-35-22(21)23(32)27-14-9-10-17(14)34-3/h4-8,11-14,17,25H,9-10H2,1-3H3,(H,27,32)/t14-,17-/m1/s1. The van der Waals surface area contributed by atoms with Gasteiger partial charge in [-0.25, -0.2) is 9.97 Å². The van der Waals surface area contributed by atoms with Crippen LogP contribution in [-0.2, 0) is 4.74 Å². The van der Waals surface area contributed by atoms with E-state index in [1.54, 1.807) is 68.8 Å². The van der Waals surface area contributed by atoms with Gasteiger partial charge in [0.2, 0.25) is 5.76 Å². The Morgan fingerprint density at radius 1 is 1.23 bits per heavy atom. The van der Waals surface area contributed by atoms with Crippen molar-refractivity contribution in [2.45, 2.75) is 25.0 Å². The minimum absolute atomic E-state index is 0.00691. The molecule has 4 aromatic rings. The maximum absolute atomic E-state index is 13.3. The lowest BCUT2D eigenvalue weighted by atomic mass is 9.89. The number of methoxy groups -OCH3 is 1. The van der Waals surface area contributed by atoms with Crippen LogP contribution in [0, 0.1) is 0 Å². The van der Waals surface area contributed by atoms with E-state index in [1.165, 1.54) is 4.57 Å². The van der Waals surface area contributed by atoms with Gasteiger partial charge < -0.3 is 24.8 Å². The summed E-state index contributed by atoms with van der Waals surface area (Å²) >= 11 is 0. The molecule has 35 heavy (non-hydrogen) atoms. The lowest BCUT2D eigenvalue weighted by Gasteiger charge is -2.35. The number of fused-ring (bicyclic) bond motifs is 1. The summed E-state index contributed by atoms with van der Waals surface area (Å²) in [5.74, 6) is 0.544. The molecule has 0 saturated heterocycles. The van der Waals surface area contributed by atoms with Crippen LogP contribution in [-0.4, -0.2) is 58.9 Å². The predicted octanol–water partition coefficient (Wildman–Crippen LogP) is 2.49. The zero-order chi connectivity index (χ0) is 24.5. The zero-order valence-corrected chi connectivity index (χ0v) is 19.6. The van der Waals surface area contributed by atoms with Gasteiger partial charge in [0.1, 0.15) is 22.8 Å². The number of amides is 1. The molecule has 1 aliphatic rings. The average molecular weight is 476 g/mol. The van der Waals surface area contributed by atoms with Crippen molar-refractivity contribution >= 4 is 34.1 Å². The minimum atomic E-state index is -0.411. The third-order valence-corrected chi connectivity index (χ3v) is 6.26. The fraction of sp³-hybridized carbons (Fsp3) is 0.292. The maximum atomic E-state index is 13.3. The number of nitrogens with zero attached hydrogens (tertiary/aromatic N) is 5. The number of hydrogen-bond donors (Lipinski definition) is 2. The number of rotatable bonds is 7. The van der Waals surface area contributed by atoms with Crippen molar-refractivity contribution in [2.24, 2.45) is 0 Å². The number of aromatic nitrogens is 4. The molecule has 5 rings (SSSR count). The Balaban J connectivity index is 1.53. The zero-order valence-electron chi connectivity index (χ0n) is 19.6. The lowest BCUT2D eigenvalue weighted by molar-refractivity contribution is 0.00678. The highest BCUT2D eigenvalue weighted by Gasteiger charge is 2.34. The molecule has 1 aliphatic carbocycles. The van der Waals surface area contributed by atoms with Crippen molar-refractivity contribution in [3.05, 3.63) is 64.9 Å². The Morgan fingerprint density at radius 3 is 2.77 bits per heavy atom. The van der Waals surface area contributed by atoms with Crippen molar-refractivity contribution < 1.29 is 14.1 Å². The number of carbonyl (C=O) groups is 1. The van der Waals surface area contributed by atoms with E-state index in [9.17, 15) is 9.59 Å². The molecule has 11 nitrogen and oxygen atoms in total. The number of anilines is 3. The van der Waals surface area contributed by atoms with Gasteiger partial charge in [-0.2, -0.15) is 0 Å². The molecule has 4 heterocycles. The van der Waals surface area contributed by atoms with E-state index in [0.29, 0.717) is 34.0 Å². The van der Waals surface area contributed by atoms with Crippen LogP contribution in [0.25, 0.3) is 16.9 Å². The molecular weight excluding hydrogens is 450 g/mol. The van der Waals surface area contributed by atoms with E-state index in [0.717, 1.165) is 12.8 Å². The van der Waals surface area contributed by atoms with Crippen LogP contribution in [0.5, 0.6) is 0 Å². The molecule has 11 heteroatoms. The van der Waals surface area contributed by atoms with Gasteiger partial charge in [-0.15, -0.1) is 0 Å². The van der Waals surface area contributed by atoms with Gasteiger partial charge in [0, 0.05) is 39.7 Å². The third kappa shape index (κ3) is 3.99. The smallest absolute Gasteiger partial charge is 0.292 e. The fourth-order valence-corrected chi connectivity index (χ4v) is 4.11. The first-order valence-corrected chi connectivity index (χ1v) is 11.2. The molecule has 1 amide bonds. The summed E-state index contributed by atoms with van der Waals surface area (Å²) in [4.78, 5) is 36.8. The Bertz CT molecular complexity index is 1430. The summed E-state index contributed by atoms with van der Waals surface area (Å²) in [6.07, 6.45) is 4.99. The molecule has 0 aromatic carbocycles. The lowest BCUT2D eigenvalue weighted by Crippen LogP contribution is -2.51. The summed E-state index contributed by atoms with van der Waals surface area (Å²) < 4.78 is 12.2. The van der Waals surface area contributed by atoms with E-state index in [-0.39, 0.29) is 23.5 Å². The van der Waals surface area contributed by atoms with Crippen molar-refractivity contribution in [1.29, 1.82) is 0 Å². The van der Waals surface area contributed by atoms with E-state index in [1.807, 2.05) is 6.07 Å². The molecule has 0 unspecified atom stereocenters.